The maximum Gasteiger partial charge on any atom is 0.326 e. The van der Waals surface area contributed by atoms with Crippen LogP contribution in [0.2, 0.25) is 0 Å². The topological polar surface area (TPSA) is 122 Å². The fourth-order valence-electron chi connectivity index (χ4n) is 2.23. The molecule has 0 bridgehead atoms. The first-order valence-corrected chi connectivity index (χ1v) is 7.52. The molecule has 1 heterocycles. The summed E-state index contributed by atoms with van der Waals surface area (Å²) < 4.78 is 5.20. The molecule has 1 aromatic carbocycles. The molecule has 0 radical (unpaired) electrons. The third-order valence-electron chi connectivity index (χ3n) is 3.56. The fourth-order valence-corrected chi connectivity index (χ4v) is 2.23. The molecule has 0 aliphatic carbocycles. The van der Waals surface area contributed by atoms with Crippen molar-refractivity contribution >= 4 is 29.3 Å². The smallest absolute Gasteiger partial charge is 0.326 e. The molecule has 1 aliphatic rings. The molecule has 0 spiro atoms. The molecular formula is C16H18N2O6. The van der Waals surface area contributed by atoms with E-state index < -0.39 is 17.9 Å². The number of benzene rings is 1. The van der Waals surface area contributed by atoms with Crippen LogP contribution in [0.15, 0.2) is 18.2 Å². The highest BCUT2D eigenvalue weighted by molar-refractivity contribution is 6.01. The summed E-state index contributed by atoms with van der Waals surface area (Å²) in [6.07, 6.45) is 0.0948. The van der Waals surface area contributed by atoms with Crippen LogP contribution in [0.4, 0.5) is 5.69 Å². The number of fused-ring (bicyclic) bond motifs is 1. The van der Waals surface area contributed by atoms with Gasteiger partial charge in [0.2, 0.25) is 5.91 Å². The molecule has 2 amide bonds. The van der Waals surface area contributed by atoms with Crippen molar-refractivity contribution in [1.82, 2.24) is 5.32 Å². The summed E-state index contributed by atoms with van der Waals surface area (Å²) in [5, 5.41) is 13.9. The number of ether oxygens (including phenoxy) is 1. The number of rotatable bonds is 7. The number of aliphatic carboxylic acids is 1. The van der Waals surface area contributed by atoms with Gasteiger partial charge < -0.3 is 20.5 Å². The van der Waals surface area contributed by atoms with E-state index in [0.717, 1.165) is 0 Å². The van der Waals surface area contributed by atoms with Gasteiger partial charge in [-0.1, -0.05) is 6.92 Å². The van der Waals surface area contributed by atoms with E-state index in [1.165, 1.54) is 6.07 Å². The van der Waals surface area contributed by atoms with Gasteiger partial charge in [-0.05, 0) is 24.6 Å². The summed E-state index contributed by atoms with van der Waals surface area (Å²) >= 11 is 0. The number of carbonyl (C=O) groups excluding carboxylic acids is 3. The monoisotopic (exact) mass is 334 g/mol. The summed E-state index contributed by atoms with van der Waals surface area (Å²) in [6.45, 7) is 1.58. The standard InChI is InChI=1S/C16H18N2O6/c1-2-10(16(22)23)17-14(20)6-4-12(19)9-3-5-13-11(7-9)18-15(21)8-24-13/h3,5,7,10H,2,4,6,8H2,1H3,(H,17,20)(H,18,21)(H,22,23). The molecule has 1 aromatic rings. The molecule has 128 valence electrons. The van der Waals surface area contributed by atoms with E-state index in [-0.39, 0.29) is 37.6 Å². The second-order valence-corrected chi connectivity index (χ2v) is 5.34. The average molecular weight is 334 g/mol. The molecule has 0 saturated heterocycles. The summed E-state index contributed by atoms with van der Waals surface area (Å²) in [5.74, 6) is -1.70. The molecule has 24 heavy (non-hydrogen) atoms. The Hall–Kier alpha value is -2.90. The lowest BCUT2D eigenvalue weighted by atomic mass is 10.0. The predicted molar refractivity (Wildman–Crippen MR) is 84.0 cm³/mol. The van der Waals surface area contributed by atoms with Crippen LogP contribution in [0.3, 0.4) is 0 Å². The van der Waals surface area contributed by atoms with Crippen molar-refractivity contribution in [3.63, 3.8) is 0 Å². The molecule has 0 saturated carbocycles. The van der Waals surface area contributed by atoms with Crippen molar-refractivity contribution in [3.05, 3.63) is 23.8 Å². The van der Waals surface area contributed by atoms with Gasteiger partial charge in [0.25, 0.3) is 5.91 Å². The van der Waals surface area contributed by atoms with Gasteiger partial charge in [0, 0.05) is 18.4 Å². The number of ketones is 1. The molecule has 1 aliphatic heterocycles. The number of hydrogen-bond acceptors (Lipinski definition) is 5. The lowest BCUT2D eigenvalue weighted by Gasteiger charge is -2.18. The Labute approximate surface area is 138 Å². The highest BCUT2D eigenvalue weighted by Crippen LogP contribution is 2.28. The van der Waals surface area contributed by atoms with Crippen molar-refractivity contribution in [2.75, 3.05) is 11.9 Å². The summed E-state index contributed by atoms with van der Waals surface area (Å²) in [6, 6.07) is 3.68. The first kappa shape index (κ1) is 17.5. The molecule has 2 rings (SSSR count). The first-order chi connectivity index (χ1) is 11.4. The largest absolute Gasteiger partial charge is 0.482 e. The minimum Gasteiger partial charge on any atom is -0.482 e. The zero-order chi connectivity index (χ0) is 17.7. The van der Waals surface area contributed by atoms with Crippen LogP contribution in [0.5, 0.6) is 5.75 Å². The Kier molecular flexibility index (Phi) is 5.51. The van der Waals surface area contributed by atoms with E-state index in [1.54, 1.807) is 19.1 Å². The van der Waals surface area contributed by atoms with E-state index in [4.69, 9.17) is 9.84 Å². The number of carbonyl (C=O) groups is 4. The fraction of sp³-hybridized carbons (Fsp3) is 0.375. The van der Waals surface area contributed by atoms with Gasteiger partial charge in [-0.15, -0.1) is 0 Å². The zero-order valence-electron chi connectivity index (χ0n) is 13.1. The lowest BCUT2D eigenvalue weighted by Crippen LogP contribution is -2.40. The summed E-state index contributed by atoms with van der Waals surface area (Å²) in [4.78, 5) is 46.0. The number of amides is 2. The number of hydrogen-bond donors (Lipinski definition) is 3. The molecular weight excluding hydrogens is 316 g/mol. The van der Waals surface area contributed by atoms with E-state index in [1.807, 2.05) is 0 Å². The third kappa shape index (κ3) is 4.31. The highest BCUT2D eigenvalue weighted by atomic mass is 16.5. The third-order valence-corrected chi connectivity index (χ3v) is 3.56. The maximum atomic E-state index is 12.2. The molecule has 3 N–H and O–H groups in total. The van der Waals surface area contributed by atoms with Gasteiger partial charge in [0.05, 0.1) is 5.69 Å². The second-order valence-electron chi connectivity index (χ2n) is 5.34. The Morgan fingerprint density at radius 1 is 1.33 bits per heavy atom. The quantitative estimate of drug-likeness (QED) is 0.639. The number of carboxylic acids is 1. The molecule has 0 aromatic heterocycles. The van der Waals surface area contributed by atoms with Crippen LogP contribution < -0.4 is 15.4 Å². The second kappa shape index (κ2) is 7.58. The molecule has 0 fully saturated rings. The maximum absolute atomic E-state index is 12.2. The first-order valence-electron chi connectivity index (χ1n) is 7.52. The molecule has 1 unspecified atom stereocenters. The van der Waals surface area contributed by atoms with E-state index in [0.29, 0.717) is 17.0 Å². The molecule has 8 heteroatoms. The van der Waals surface area contributed by atoms with Crippen LogP contribution in [0.25, 0.3) is 0 Å². The number of anilines is 1. The number of nitrogens with one attached hydrogen (secondary N) is 2. The van der Waals surface area contributed by atoms with E-state index >= 15 is 0 Å². The van der Waals surface area contributed by atoms with Crippen molar-refractivity contribution < 1.29 is 29.0 Å². The van der Waals surface area contributed by atoms with E-state index in [9.17, 15) is 19.2 Å². The molecule has 8 nitrogen and oxygen atoms in total. The van der Waals surface area contributed by atoms with Gasteiger partial charge >= 0.3 is 5.97 Å². The van der Waals surface area contributed by atoms with Crippen LogP contribution in [0.1, 0.15) is 36.5 Å². The number of carboxylic acid groups (broad SMARTS) is 1. The van der Waals surface area contributed by atoms with Gasteiger partial charge in [-0.2, -0.15) is 0 Å². The normalized spacial score (nSPS) is 14.0. The van der Waals surface area contributed by atoms with Crippen LogP contribution in [0, 0.1) is 0 Å². The Balaban J connectivity index is 1.93. The van der Waals surface area contributed by atoms with Crippen LogP contribution >= 0.6 is 0 Å². The predicted octanol–water partition coefficient (Wildman–Crippen LogP) is 0.960. The van der Waals surface area contributed by atoms with Crippen molar-refractivity contribution in [3.8, 4) is 5.75 Å². The van der Waals surface area contributed by atoms with Crippen LogP contribution in [-0.2, 0) is 14.4 Å². The molecule has 1 atom stereocenters. The Morgan fingerprint density at radius 2 is 2.08 bits per heavy atom. The Bertz CT molecular complexity index is 685. The summed E-state index contributed by atoms with van der Waals surface area (Å²) in [5.41, 5.74) is 0.760. The van der Waals surface area contributed by atoms with Crippen molar-refractivity contribution in [2.24, 2.45) is 0 Å². The Morgan fingerprint density at radius 3 is 2.75 bits per heavy atom. The van der Waals surface area contributed by atoms with Gasteiger partial charge in [-0.25, -0.2) is 4.79 Å². The van der Waals surface area contributed by atoms with Gasteiger partial charge in [0.15, 0.2) is 12.4 Å². The van der Waals surface area contributed by atoms with E-state index in [2.05, 4.69) is 10.6 Å². The van der Waals surface area contributed by atoms with Crippen molar-refractivity contribution in [2.45, 2.75) is 32.2 Å². The average Bonchev–Trinajstić information content (AvgIpc) is 2.56. The van der Waals surface area contributed by atoms with Gasteiger partial charge in [-0.3, -0.25) is 14.4 Å². The SMILES string of the molecule is CCC(NC(=O)CCC(=O)c1ccc2c(c1)NC(=O)CO2)C(=O)O. The lowest BCUT2D eigenvalue weighted by molar-refractivity contribution is -0.141. The minimum absolute atomic E-state index is 0.0600. The zero-order valence-corrected chi connectivity index (χ0v) is 13.1. The highest BCUT2D eigenvalue weighted by Gasteiger charge is 2.20. The van der Waals surface area contributed by atoms with Gasteiger partial charge in [0.1, 0.15) is 11.8 Å². The number of Topliss-reactive ketones (excluding diaryl/α,β-unsaturated/α-hetero) is 1. The van der Waals surface area contributed by atoms with Crippen molar-refractivity contribution in [1.29, 1.82) is 0 Å². The minimum atomic E-state index is -1.11. The summed E-state index contributed by atoms with van der Waals surface area (Å²) in [7, 11) is 0. The van der Waals surface area contributed by atoms with Crippen LogP contribution in [-0.4, -0.2) is 41.3 Å².